The van der Waals surface area contributed by atoms with Crippen LogP contribution in [0.5, 0.6) is 0 Å². The van der Waals surface area contributed by atoms with E-state index in [0.29, 0.717) is 10.3 Å². The number of rotatable bonds is 2. The molecule has 110 valence electrons. The number of hydrogen-bond acceptors (Lipinski definition) is 5. The highest BCUT2D eigenvalue weighted by atomic mass is 79.9. The molecule has 20 heavy (non-hydrogen) atoms. The Morgan fingerprint density at radius 3 is 2.40 bits per heavy atom. The van der Waals surface area contributed by atoms with E-state index in [1.54, 1.807) is 6.20 Å². The van der Waals surface area contributed by atoms with Crippen molar-refractivity contribution in [1.82, 2.24) is 9.88 Å². The quantitative estimate of drug-likeness (QED) is 0.610. The number of nitro groups is 1. The maximum atomic E-state index is 11.1. The van der Waals surface area contributed by atoms with Crippen molar-refractivity contribution in [3.63, 3.8) is 0 Å². The van der Waals surface area contributed by atoms with Gasteiger partial charge in [0.1, 0.15) is 0 Å². The Hall–Kier alpha value is -1.21. The lowest BCUT2D eigenvalue weighted by Crippen LogP contribution is -2.53. The van der Waals surface area contributed by atoms with E-state index in [0.717, 1.165) is 26.2 Å². The van der Waals surface area contributed by atoms with Crippen molar-refractivity contribution in [3.05, 3.63) is 26.9 Å². The fourth-order valence-electron chi connectivity index (χ4n) is 2.39. The van der Waals surface area contributed by atoms with Crippen LogP contribution in [0, 0.1) is 10.1 Å². The van der Waals surface area contributed by atoms with Gasteiger partial charge in [-0.3, -0.25) is 15.0 Å². The van der Waals surface area contributed by atoms with Crippen molar-refractivity contribution in [2.45, 2.75) is 26.3 Å². The molecule has 0 radical (unpaired) electrons. The van der Waals surface area contributed by atoms with Crippen molar-refractivity contribution >= 4 is 27.4 Å². The summed E-state index contributed by atoms with van der Waals surface area (Å²) in [6.45, 7) is 9.84. The SMILES string of the molecule is CC(C)(C)N1CCN(c2ncc(Br)cc2[N+](=O)[O-])CC1. The third-order valence-corrected chi connectivity index (χ3v) is 3.97. The van der Waals surface area contributed by atoms with Crippen LogP contribution in [0.25, 0.3) is 0 Å². The number of halogens is 1. The molecular formula is C13H19BrN4O2. The van der Waals surface area contributed by atoms with Crippen LogP contribution in [0.3, 0.4) is 0 Å². The zero-order chi connectivity index (χ0) is 14.9. The molecule has 0 amide bonds. The van der Waals surface area contributed by atoms with E-state index in [1.165, 1.54) is 6.07 Å². The lowest BCUT2D eigenvalue weighted by Gasteiger charge is -2.42. The molecule has 1 aromatic heterocycles. The summed E-state index contributed by atoms with van der Waals surface area (Å²) in [5, 5.41) is 11.1. The molecule has 0 unspecified atom stereocenters. The Labute approximate surface area is 127 Å². The highest BCUT2D eigenvalue weighted by Gasteiger charge is 2.29. The average Bonchev–Trinajstić information content (AvgIpc) is 2.37. The van der Waals surface area contributed by atoms with Crippen LogP contribution in [0.1, 0.15) is 20.8 Å². The van der Waals surface area contributed by atoms with Crippen LogP contribution in [-0.2, 0) is 0 Å². The third-order valence-electron chi connectivity index (χ3n) is 3.54. The van der Waals surface area contributed by atoms with Crippen LogP contribution >= 0.6 is 15.9 Å². The topological polar surface area (TPSA) is 62.5 Å². The van der Waals surface area contributed by atoms with Gasteiger partial charge in [0.05, 0.1) is 4.92 Å². The van der Waals surface area contributed by atoms with Crippen molar-refractivity contribution in [2.24, 2.45) is 0 Å². The van der Waals surface area contributed by atoms with E-state index >= 15 is 0 Å². The van der Waals surface area contributed by atoms with E-state index in [4.69, 9.17) is 0 Å². The second-order valence-corrected chi connectivity index (χ2v) is 6.81. The summed E-state index contributed by atoms with van der Waals surface area (Å²) in [4.78, 5) is 19.4. The molecule has 0 spiro atoms. The van der Waals surface area contributed by atoms with E-state index in [2.05, 4.69) is 46.6 Å². The zero-order valence-electron chi connectivity index (χ0n) is 12.0. The molecule has 2 rings (SSSR count). The fraction of sp³-hybridized carbons (Fsp3) is 0.615. The molecule has 0 saturated carbocycles. The van der Waals surface area contributed by atoms with Crippen LogP contribution in [0.2, 0.25) is 0 Å². The maximum Gasteiger partial charge on any atom is 0.312 e. The minimum absolute atomic E-state index is 0.0589. The maximum absolute atomic E-state index is 11.1. The first kappa shape index (κ1) is 15.2. The van der Waals surface area contributed by atoms with Gasteiger partial charge in [0, 0.05) is 48.5 Å². The summed E-state index contributed by atoms with van der Waals surface area (Å²) in [5.74, 6) is 0.465. The summed E-state index contributed by atoms with van der Waals surface area (Å²) in [6.07, 6.45) is 1.61. The van der Waals surface area contributed by atoms with Gasteiger partial charge >= 0.3 is 5.69 Å². The summed E-state index contributed by atoms with van der Waals surface area (Å²) in [7, 11) is 0. The van der Waals surface area contributed by atoms with Gasteiger partial charge in [-0.05, 0) is 36.7 Å². The van der Waals surface area contributed by atoms with E-state index in [-0.39, 0.29) is 16.1 Å². The highest BCUT2D eigenvalue weighted by molar-refractivity contribution is 9.10. The minimum Gasteiger partial charge on any atom is -0.348 e. The van der Waals surface area contributed by atoms with E-state index in [1.807, 2.05) is 4.90 Å². The lowest BCUT2D eigenvalue weighted by atomic mass is 10.0. The molecule has 2 heterocycles. The van der Waals surface area contributed by atoms with Gasteiger partial charge in [0.25, 0.3) is 0 Å². The first-order valence-corrected chi connectivity index (χ1v) is 7.38. The van der Waals surface area contributed by atoms with Gasteiger partial charge in [-0.2, -0.15) is 0 Å². The number of piperazine rings is 1. The van der Waals surface area contributed by atoms with Crippen molar-refractivity contribution in [2.75, 3.05) is 31.1 Å². The molecule has 1 aromatic rings. The summed E-state index contributed by atoms with van der Waals surface area (Å²) >= 11 is 3.23. The number of aromatic nitrogens is 1. The number of hydrogen-bond donors (Lipinski definition) is 0. The molecule has 0 N–H and O–H groups in total. The van der Waals surface area contributed by atoms with Crippen LogP contribution in [0.4, 0.5) is 11.5 Å². The minimum atomic E-state index is -0.372. The van der Waals surface area contributed by atoms with Gasteiger partial charge in [-0.25, -0.2) is 4.98 Å². The number of nitrogens with zero attached hydrogens (tertiary/aromatic N) is 4. The molecule has 0 aliphatic carbocycles. The first-order valence-electron chi connectivity index (χ1n) is 6.59. The Balaban J connectivity index is 2.17. The fourth-order valence-corrected chi connectivity index (χ4v) is 2.71. The van der Waals surface area contributed by atoms with Crippen LogP contribution in [-0.4, -0.2) is 46.5 Å². The molecule has 1 aliphatic rings. The van der Waals surface area contributed by atoms with E-state index in [9.17, 15) is 10.1 Å². The third kappa shape index (κ3) is 3.27. The zero-order valence-corrected chi connectivity index (χ0v) is 13.6. The summed E-state index contributed by atoms with van der Waals surface area (Å²) in [6, 6.07) is 1.51. The first-order chi connectivity index (χ1) is 9.29. The van der Waals surface area contributed by atoms with Crippen LogP contribution < -0.4 is 4.90 Å². The Bertz CT molecular complexity index is 508. The van der Waals surface area contributed by atoms with Gasteiger partial charge in [-0.15, -0.1) is 0 Å². The predicted molar refractivity (Wildman–Crippen MR) is 82.1 cm³/mol. The summed E-state index contributed by atoms with van der Waals surface area (Å²) in [5.41, 5.74) is 0.189. The molecule has 0 bridgehead atoms. The smallest absolute Gasteiger partial charge is 0.312 e. The average molecular weight is 343 g/mol. The molecule has 0 aromatic carbocycles. The second-order valence-electron chi connectivity index (χ2n) is 5.90. The molecule has 1 aliphatic heterocycles. The van der Waals surface area contributed by atoms with Gasteiger partial charge in [0.2, 0.25) is 5.82 Å². The second kappa shape index (κ2) is 5.65. The number of pyridine rings is 1. The van der Waals surface area contributed by atoms with Gasteiger partial charge in [-0.1, -0.05) is 0 Å². The van der Waals surface area contributed by atoms with Crippen molar-refractivity contribution in [3.8, 4) is 0 Å². The Morgan fingerprint density at radius 1 is 1.30 bits per heavy atom. The summed E-state index contributed by atoms with van der Waals surface area (Å²) < 4.78 is 0.626. The monoisotopic (exact) mass is 342 g/mol. The van der Waals surface area contributed by atoms with Crippen molar-refractivity contribution in [1.29, 1.82) is 0 Å². The van der Waals surface area contributed by atoms with Crippen LogP contribution in [0.15, 0.2) is 16.7 Å². The predicted octanol–water partition coefficient (Wildman–Crippen LogP) is 2.67. The molecule has 6 nitrogen and oxygen atoms in total. The lowest BCUT2D eigenvalue weighted by molar-refractivity contribution is -0.384. The normalized spacial score (nSPS) is 17.3. The highest BCUT2D eigenvalue weighted by Crippen LogP contribution is 2.29. The molecule has 0 atom stereocenters. The van der Waals surface area contributed by atoms with E-state index < -0.39 is 0 Å². The van der Waals surface area contributed by atoms with Crippen molar-refractivity contribution < 1.29 is 4.92 Å². The molecule has 7 heteroatoms. The van der Waals surface area contributed by atoms with Gasteiger partial charge < -0.3 is 4.90 Å². The molecule has 1 fully saturated rings. The molecular weight excluding hydrogens is 324 g/mol. The standard InChI is InChI=1S/C13H19BrN4O2/c1-13(2,3)17-6-4-16(5-7-17)12-11(18(19)20)8-10(14)9-15-12/h8-9H,4-7H2,1-3H3. The number of anilines is 1. The Morgan fingerprint density at radius 2 is 1.90 bits per heavy atom. The largest absolute Gasteiger partial charge is 0.348 e. The molecule has 1 saturated heterocycles. The Kier molecular flexibility index (Phi) is 4.29. The van der Waals surface area contributed by atoms with Gasteiger partial charge in [0.15, 0.2) is 0 Å².